The van der Waals surface area contributed by atoms with E-state index in [1.54, 1.807) is 20.8 Å². The normalized spacial score (nSPS) is 10.9. The Morgan fingerprint density at radius 3 is 2.65 bits per heavy atom. The molecule has 1 aromatic rings. The first kappa shape index (κ1) is 16.1. The molecular weight excluding hydrogens is 282 g/mol. The van der Waals surface area contributed by atoms with Crippen LogP contribution in [0.1, 0.15) is 41.1 Å². The van der Waals surface area contributed by atoms with Crippen LogP contribution in [0.2, 0.25) is 0 Å². The average molecular weight is 299 g/mol. The van der Waals surface area contributed by atoms with Crippen LogP contribution in [0, 0.1) is 5.41 Å². The number of hydrogen-bond donors (Lipinski definition) is 2. The Kier molecular flexibility index (Phi) is 5.20. The third-order valence-corrected chi connectivity index (χ3v) is 3.37. The number of primary amides is 1. The van der Waals surface area contributed by atoms with Gasteiger partial charge in [-0.05, 0) is 20.8 Å². The topological polar surface area (TPSA) is 111 Å². The Balaban J connectivity index is 2.65. The molecule has 1 heterocycles. The molecule has 0 spiro atoms. The lowest BCUT2D eigenvalue weighted by molar-refractivity contribution is -0.125. The average Bonchev–Trinajstić information content (AvgIpc) is 2.85. The van der Waals surface area contributed by atoms with Crippen LogP contribution in [0.3, 0.4) is 0 Å². The van der Waals surface area contributed by atoms with Gasteiger partial charge in [0.05, 0.1) is 12.0 Å². The largest absolute Gasteiger partial charge is 0.461 e. The summed E-state index contributed by atoms with van der Waals surface area (Å²) in [6.45, 7) is 5.27. The molecule has 0 fully saturated rings. The summed E-state index contributed by atoms with van der Waals surface area (Å²) >= 11 is 1.03. The number of nitrogens with one attached hydrogen (secondary N) is 1. The number of ether oxygens (including phenoxy) is 1. The van der Waals surface area contributed by atoms with Crippen molar-refractivity contribution in [1.82, 2.24) is 10.3 Å². The smallest absolute Gasteiger partial charge is 0.367 e. The maximum atomic E-state index is 11.8. The van der Waals surface area contributed by atoms with Crippen molar-refractivity contribution in [3.8, 4) is 0 Å². The van der Waals surface area contributed by atoms with E-state index < -0.39 is 23.2 Å². The molecule has 0 atom stereocenters. The van der Waals surface area contributed by atoms with Gasteiger partial charge in [0.15, 0.2) is 0 Å². The Hall–Kier alpha value is -1.96. The molecule has 0 aliphatic heterocycles. The van der Waals surface area contributed by atoms with Gasteiger partial charge in [-0.1, -0.05) is 0 Å². The standard InChI is InChI=1S/C12H17N3O4S/c1-4-19-10(17)9-15-7(5-20-9)8(16)14-6-12(2,3)11(13)18/h5H,4,6H2,1-3H3,(H2,13,18)(H,14,16). The molecule has 0 saturated carbocycles. The van der Waals surface area contributed by atoms with Gasteiger partial charge in [-0.25, -0.2) is 9.78 Å². The highest BCUT2D eigenvalue weighted by Gasteiger charge is 2.26. The molecule has 2 amide bonds. The van der Waals surface area contributed by atoms with E-state index in [4.69, 9.17) is 10.5 Å². The second-order valence-corrected chi connectivity index (χ2v) is 5.55. The number of thiazole rings is 1. The van der Waals surface area contributed by atoms with Crippen molar-refractivity contribution in [3.63, 3.8) is 0 Å². The molecule has 7 nitrogen and oxygen atoms in total. The van der Waals surface area contributed by atoms with Crippen LogP contribution in [-0.2, 0) is 9.53 Å². The number of rotatable bonds is 6. The molecule has 8 heteroatoms. The minimum atomic E-state index is -0.852. The lowest BCUT2D eigenvalue weighted by atomic mass is 9.93. The van der Waals surface area contributed by atoms with Gasteiger partial charge in [0.25, 0.3) is 5.91 Å². The van der Waals surface area contributed by atoms with Crippen LogP contribution in [0.15, 0.2) is 5.38 Å². The number of esters is 1. The van der Waals surface area contributed by atoms with Gasteiger partial charge in [0, 0.05) is 11.9 Å². The Morgan fingerprint density at radius 1 is 1.45 bits per heavy atom. The molecule has 20 heavy (non-hydrogen) atoms. The number of nitrogens with two attached hydrogens (primary N) is 1. The quantitative estimate of drug-likeness (QED) is 0.745. The highest BCUT2D eigenvalue weighted by molar-refractivity contribution is 7.11. The van der Waals surface area contributed by atoms with E-state index in [-0.39, 0.29) is 23.9 Å². The molecule has 3 N–H and O–H groups in total. The zero-order chi connectivity index (χ0) is 15.3. The molecular formula is C12H17N3O4S. The van der Waals surface area contributed by atoms with Crippen molar-refractivity contribution in [1.29, 1.82) is 0 Å². The Bertz CT molecular complexity index is 525. The summed E-state index contributed by atoms with van der Waals surface area (Å²) < 4.78 is 4.78. The second kappa shape index (κ2) is 6.47. The third-order valence-electron chi connectivity index (χ3n) is 2.54. The summed E-state index contributed by atoms with van der Waals surface area (Å²) in [5.74, 6) is -1.54. The summed E-state index contributed by atoms with van der Waals surface area (Å²) in [6.07, 6.45) is 0. The lowest BCUT2D eigenvalue weighted by Crippen LogP contribution is -2.42. The fourth-order valence-corrected chi connectivity index (χ4v) is 1.83. The predicted molar refractivity (Wildman–Crippen MR) is 73.4 cm³/mol. The van der Waals surface area contributed by atoms with Gasteiger partial charge in [0.1, 0.15) is 5.69 Å². The molecule has 0 aromatic carbocycles. The SMILES string of the molecule is CCOC(=O)c1nc(C(=O)NCC(C)(C)C(N)=O)cs1. The maximum Gasteiger partial charge on any atom is 0.367 e. The highest BCUT2D eigenvalue weighted by Crippen LogP contribution is 2.14. The van der Waals surface area contributed by atoms with E-state index in [2.05, 4.69) is 10.3 Å². The lowest BCUT2D eigenvalue weighted by Gasteiger charge is -2.20. The van der Waals surface area contributed by atoms with Crippen LogP contribution >= 0.6 is 11.3 Å². The van der Waals surface area contributed by atoms with Crippen molar-refractivity contribution in [3.05, 3.63) is 16.1 Å². The van der Waals surface area contributed by atoms with Gasteiger partial charge >= 0.3 is 5.97 Å². The zero-order valence-electron chi connectivity index (χ0n) is 11.6. The van der Waals surface area contributed by atoms with E-state index >= 15 is 0 Å². The maximum absolute atomic E-state index is 11.8. The highest BCUT2D eigenvalue weighted by atomic mass is 32.1. The van der Waals surface area contributed by atoms with Crippen molar-refractivity contribution in [2.24, 2.45) is 11.1 Å². The van der Waals surface area contributed by atoms with Crippen molar-refractivity contribution < 1.29 is 19.1 Å². The molecule has 0 radical (unpaired) electrons. The summed E-state index contributed by atoms with van der Waals surface area (Å²) in [5.41, 5.74) is 4.47. The van der Waals surface area contributed by atoms with Crippen LogP contribution < -0.4 is 11.1 Å². The first-order chi connectivity index (χ1) is 9.27. The summed E-state index contributed by atoms with van der Waals surface area (Å²) in [4.78, 5) is 38.3. The first-order valence-electron chi connectivity index (χ1n) is 5.98. The molecule has 0 bridgehead atoms. The number of hydrogen-bond acceptors (Lipinski definition) is 6. The molecule has 1 aromatic heterocycles. The van der Waals surface area contributed by atoms with E-state index in [0.29, 0.717) is 0 Å². The number of aromatic nitrogens is 1. The Morgan fingerprint density at radius 2 is 2.10 bits per heavy atom. The van der Waals surface area contributed by atoms with Crippen LogP contribution in [0.4, 0.5) is 0 Å². The molecule has 0 aliphatic carbocycles. The molecule has 1 rings (SSSR count). The van der Waals surface area contributed by atoms with Crippen molar-refractivity contribution in [2.45, 2.75) is 20.8 Å². The van der Waals surface area contributed by atoms with E-state index in [0.717, 1.165) is 11.3 Å². The van der Waals surface area contributed by atoms with Crippen LogP contribution in [-0.4, -0.2) is 35.9 Å². The summed E-state index contributed by atoms with van der Waals surface area (Å²) in [6, 6.07) is 0. The van der Waals surface area contributed by atoms with E-state index in [9.17, 15) is 14.4 Å². The van der Waals surface area contributed by atoms with Crippen LogP contribution in [0.25, 0.3) is 0 Å². The third kappa shape index (κ3) is 4.02. The van der Waals surface area contributed by atoms with Crippen molar-refractivity contribution in [2.75, 3.05) is 13.2 Å². The minimum absolute atomic E-state index is 0.0907. The number of carbonyl (C=O) groups excluding carboxylic acids is 3. The van der Waals surface area contributed by atoms with Gasteiger partial charge in [-0.2, -0.15) is 0 Å². The summed E-state index contributed by atoms with van der Waals surface area (Å²) in [5, 5.41) is 4.13. The fraction of sp³-hybridized carbons (Fsp3) is 0.500. The van der Waals surface area contributed by atoms with E-state index in [1.807, 2.05) is 0 Å². The van der Waals surface area contributed by atoms with Gasteiger partial charge in [0.2, 0.25) is 10.9 Å². The molecule has 0 aliphatic rings. The number of carbonyl (C=O) groups is 3. The Labute approximate surface area is 120 Å². The molecule has 0 unspecified atom stereocenters. The first-order valence-corrected chi connectivity index (χ1v) is 6.86. The van der Waals surface area contributed by atoms with E-state index in [1.165, 1.54) is 5.38 Å². The molecule has 110 valence electrons. The monoisotopic (exact) mass is 299 g/mol. The zero-order valence-corrected chi connectivity index (χ0v) is 12.4. The van der Waals surface area contributed by atoms with Crippen LogP contribution in [0.5, 0.6) is 0 Å². The van der Waals surface area contributed by atoms with Gasteiger partial charge in [-0.3, -0.25) is 9.59 Å². The number of nitrogens with zero attached hydrogens (tertiary/aromatic N) is 1. The van der Waals surface area contributed by atoms with Crippen molar-refractivity contribution >= 4 is 29.1 Å². The number of amides is 2. The molecule has 0 saturated heterocycles. The van der Waals surface area contributed by atoms with Gasteiger partial charge in [-0.15, -0.1) is 11.3 Å². The minimum Gasteiger partial charge on any atom is -0.461 e. The predicted octanol–water partition coefficient (Wildman–Crippen LogP) is 0.561. The second-order valence-electron chi connectivity index (χ2n) is 4.69. The summed E-state index contributed by atoms with van der Waals surface area (Å²) in [7, 11) is 0. The van der Waals surface area contributed by atoms with Gasteiger partial charge < -0.3 is 15.8 Å². The fourth-order valence-electron chi connectivity index (χ4n) is 1.14.